The molecule has 100 valence electrons. The Hall–Kier alpha value is -1.13. The first-order chi connectivity index (χ1) is 8.49. The van der Waals surface area contributed by atoms with E-state index in [1.165, 1.54) is 6.07 Å². The highest BCUT2D eigenvalue weighted by Gasteiger charge is 2.25. The summed E-state index contributed by atoms with van der Waals surface area (Å²) in [6.45, 7) is 4.91. The Morgan fingerprint density at radius 1 is 1.44 bits per heavy atom. The van der Waals surface area contributed by atoms with Crippen LogP contribution in [0, 0.1) is 11.7 Å². The Labute approximate surface area is 107 Å². The molecule has 1 aliphatic rings. The van der Waals surface area contributed by atoms with Gasteiger partial charge >= 0.3 is 0 Å². The Kier molecular flexibility index (Phi) is 3.88. The van der Waals surface area contributed by atoms with Crippen molar-refractivity contribution in [1.82, 2.24) is 0 Å². The molecule has 0 spiro atoms. The van der Waals surface area contributed by atoms with E-state index in [-0.39, 0.29) is 17.8 Å². The molecule has 1 aliphatic heterocycles. The molecule has 18 heavy (non-hydrogen) atoms. The standard InChI is InChI=1S/C14H20FNO2/c1-9-8-16(6-5-14(9)18)13-4-3-11(10(2)17)7-12(13)15/h3-4,7,9-10,14,17-18H,5-6,8H2,1-2H3/t9?,10-,14?/m0/s1. The van der Waals surface area contributed by atoms with E-state index in [9.17, 15) is 14.6 Å². The molecule has 1 saturated heterocycles. The molecule has 1 heterocycles. The molecule has 0 aliphatic carbocycles. The number of hydrogen-bond acceptors (Lipinski definition) is 3. The molecule has 2 rings (SSSR count). The van der Waals surface area contributed by atoms with Crippen molar-refractivity contribution in [3.8, 4) is 0 Å². The monoisotopic (exact) mass is 253 g/mol. The molecule has 0 bridgehead atoms. The number of piperidine rings is 1. The zero-order valence-corrected chi connectivity index (χ0v) is 10.8. The van der Waals surface area contributed by atoms with Crippen LogP contribution >= 0.6 is 0 Å². The topological polar surface area (TPSA) is 43.7 Å². The lowest BCUT2D eigenvalue weighted by molar-refractivity contribution is 0.0969. The van der Waals surface area contributed by atoms with Gasteiger partial charge in [0.1, 0.15) is 5.82 Å². The van der Waals surface area contributed by atoms with Crippen molar-refractivity contribution in [2.75, 3.05) is 18.0 Å². The number of hydrogen-bond donors (Lipinski definition) is 2. The van der Waals surface area contributed by atoms with Gasteiger partial charge in [0.15, 0.2) is 0 Å². The van der Waals surface area contributed by atoms with E-state index in [4.69, 9.17) is 0 Å². The Balaban J connectivity index is 2.19. The highest BCUT2D eigenvalue weighted by atomic mass is 19.1. The molecule has 4 heteroatoms. The second-order valence-corrected chi connectivity index (χ2v) is 5.17. The van der Waals surface area contributed by atoms with Crippen LogP contribution in [-0.2, 0) is 0 Å². The van der Waals surface area contributed by atoms with Gasteiger partial charge in [-0.1, -0.05) is 13.0 Å². The molecular weight excluding hydrogens is 233 g/mol. The lowest BCUT2D eigenvalue weighted by Crippen LogP contribution is -2.42. The van der Waals surface area contributed by atoms with E-state index in [0.29, 0.717) is 30.8 Å². The van der Waals surface area contributed by atoms with Crippen LogP contribution in [0.3, 0.4) is 0 Å². The first kappa shape index (κ1) is 13.3. The molecule has 1 aromatic rings. The molecular formula is C14H20FNO2. The third kappa shape index (κ3) is 2.65. The van der Waals surface area contributed by atoms with Gasteiger partial charge in [0.05, 0.1) is 17.9 Å². The summed E-state index contributed by atoms with van der Waals surface area (Å²) in [5.41, 5.74) is 1.14. The first-order valence-electron chi connectivity index (χ1n) is 6.39. The number of benzene rings is 1. The molecule has 0 amide bonds. The van der Waals surface area contributed by atoms with Crippen molar-refractivity contribution in [1.29, 1.82) is 0 Å². The fraction of sp³-hybridized carbons (Fsp3) is 0.571. The van der Waals surface area contributed by atoms with E-state index in [1.54, 1.807) is 19.1 Å². The maximum Gasteiger partial charge on any atom is 0.146 e. The van der Waals surface area contributed by atoms with Crippen molar-refractivity contribution in [3.63, 3.8) is 0 Å². The Morgan fingerprint density at radius 2 is 2.17 bits per heavy atom. The van der Waals surface area contributed by atoms with Gasteiger partial charge in [-0.3, -0.25) is 0 Å². The van der Waals surface area contributed by atoms with Crippen LogP contribution in [0.25, 0.3) is 0 Å². The number of aliphatic hydroxyl groups excluding tert-OH is 2. The summed E-state index contributed by atoms with van der Waals surface area (Å²) in [7, 11) is 0. The molecule has 0 aromatic heterocycles. The predicted octanol–water partition coefficient (Wildman–Crippen LogP) is 2.09. The second-order valence-electron chi connectivity index (χ2n) is 5.17. The summed E-state index contributed by atoms with van der Waals surface area (Å²) >= 11 is 0. The van der Waals surface area contributed by atoms with E-state index in [1.807, 2.05) is 11.8 Å². The van der Waals surface area contributed by atoms with Crippen molar-refractivity contribution in [2.24, 2.45) is 5.92 Å². The van der Waals surface area contributed by atoms with Gasteiger partial charge < -0.3 is 15.1 Å². The average Bonchev–Trinajstić information content (AvgIpc) is 2.32. The van der Waals surface area contributed by atoms with Crippen LogP contribution < -0.4 is 4.90 Å². The highest BCUT2D eigenvalue weighted by molar-refractivity contribution is 5.50. The van der Waals surface area contributed by atoms with E-state index >= 15 is 0 Å². The van der Waals surface area contributed by atoms with E-state index in [0.717, 1.165) is 0 Å². The quantitative estimate of drug-likeness (QED) is 0.848. The third-order valence-corrected chi connectivity index (χ3v) is 3.65. The van der Waals surface area contributed by atoms with E-state index in [2.05, 4.69) is 0 Å². The van der Waals surface area contributed by atoms with Gasteiger partial charge in [-0.25, -0.2) is 4.39 Å². The maximum absolute atomic E-state index is 14.0. The minimum absolute atomic E-state index is 0.148. The van der Waals surface area contributed by atoms with Gasteiger partial charge in [-0.15, -0.1) is 0 Å². The summed E-state index contributed by atoms with van der Waals surface area (Å²) in [6, 6.07) is 4.84. The number of aliphatic hydroxyl groups is 2. The minimum atomic E-state index is -0.657. The van der Waals surface area contributed by atoms with Crippen LogP contribution in [0.5, 0.6) is 0 Å². The van der Waals surface area contributed by atoms with Crippen molar-refractivity contribution in [2.45, 2.75) is 32.5 Å². The van der Waals surface area contributed by atoms with Gasteiger partial charge in [0.25, 0.3) is 0 Å². The summed E-state index contributed by atoms with van der Waals surface area (Å²) in [4.78, 5) is 1.96. The number of halogens is 1. The van der Waals surface area contributed by atoms with Crippen molar-refractivity contribution in [3.05, 3.63) is 29.6 Å². The summed E-state index contributed by atoms with van der Waals surface area (Å²) in [5.74, 6) is -0.161. The average molecular weight is 253 g/mol. The molecule has 1 fully saturated rings. The fourth-order valence-electron chi connectivity index (χ4n) is 2.39. The van der Waals surface area contributed by atoms with Crippen molar-refractivity contribution >= 4 is 5.69 Å². The summed E-state index contributed by atoms with van der Waals surface area (Å²) < 4.78 is 14.0. The minimum Gasteiger partial charge on any atom is -0.393 e. The first-order valence-corrected chi connectivity index (χ1v) is 6.39. The third-order valence-electron chi connectivity index (χ3n) is 3.65. The van der Waals surface area contributed by atoms with Crippen LogP contribution in [0.1, 0.15) is 31.9 Å². The van der Waals surface area contributed by atoms with Gasteiger partial charge in [-0.05, 0) is 37.0 Å². The summed E-state index contributed by atoms with van der Waals surface area (Å²) in [5, 5.41) is 19.1. The lowest BCUT2D eigenvalue weighted by atomic mass is 9.96. The summed E-state index contributed by atoms with van der Waals surface area (Å²) in [6.07, 6.45) is -0.282. The Morgan fingerprint density at radius 3 is 2.72 bits per heavy atom. The predicted molar refractivity (Wildman–Crippen MR) is 69.0 cm³/mol. The number of nitrogens with zero attached hydrogens (tertiary/aromatic N) is 1. The highest BCUT2D eigenvalue weighted by Crippen LogP contribution is 2.27. The normalized spacial score (nSPS) is 26.2. The van der Waals surface area contributed by atoms with Crippen LogP contribution in [0.4, 0.5) is 10.1 Å². The van der Waals surface area contributed by atoms with Crippen LogP contribution in [0.2, 0.25) is 0 Å². The smallest absolute Gasteiger partial charge is 0.146 e. The number of anilines is 1. The van der Waals surface area contributed by atoms with Gasteiger partial charge in [0.2, 0.25) is 0 Å². The molecule has 2 unspecified atom stereocenters. The largest absolute Gasteiger partial charge is 0.393 e. The zero-order chi connectivity index (χ0) is 13.3. The SMILES string of the molecule is CC1CN(c2ccc([C@H](C)O)cc2F)CCC1O. The fourth-order valence-corrected chi connectivity index (χ4v) is 2.39. The van der Waals surface area contributed by atoms with Gasteiger partial charge in [-0.2, -0.15) is 0 Å². The van der Waals surface area contributed by atoms with E-state index < -0.39 is 6.10 Å². The molecule has 0 radical (unpaired) electrons. The van der Waals surface area contributed by atoms with Crippen LogP contribution in [0.15, 0.2) is 18.2 Å². The molecule has 1 aromatic carbocycles. The maximum atomic E-state index is 14.0. The lowest BCUT2D eigenvalue weighted by Gasteiger charge is -2.36. The zero-order valence-electron chi connectivity index (χ0n) is 10.8. The van der Waals surface area contributed by atoms with Gasteiger partial charge in [0, 0.05) is 13.1 Å². The Bertz CT molecular complexity index is 422. The molecule has 3 atom stereocenters. The van der Waals surface area contributed by atoms with Crippen molar-refractivity contribution < 1.29 is 14.6 Å². The molecule has 0 saturated carbocycles. The molecule has 3 nitrogen and oxygen atoms in total. The second kappa shape index (κ2) is 5.24. The molecule has 2 N–H and O–H groups in total. The van der Waals surface area contributed by atoms with Crippen LogP contribution in [-0.4, -0.2) is 29.4 Å². The number of rotatable bonds is 2.